The van der Waals surface area contributed by atoms with Gasteiger partial charge in [-0.25, -0.2) is 4.79 Å². The zero-order valence-corrected chi connectivity index (χ0v) is 17.9. The second-order valence-electron chi connectivity index (χ2n) is 11.6. The van der Waals surface area contributed by atoms with Crippen molar-refractivity contribution in [3.05, 3.63) is 0 Å². The Balaban J connectivity index is 1.18. The summed E-state index contributed by atoms with van der Waals surface area (Å²) in [5.41, 5.74) is -0.906. The number of esters is 3. The molecule has 0 radical (unpaired) electrons. The quantitative estimate of drug-likeness (QED) is 0.502. The van der Waals surface area contributed by atoms with Crippen molar-refractivity contribution in [1.82, 2.24) is 0 Å². The summed E-state index contributed by atoms with van der Waals surface area (Å²) in [6.07, 6.45) is 3.80. The predicted octanol–water partition coefficient (Wildman–Crippen LogP) is 2.24. The molecule has 0 aromatic heterocycles. The van der Waals surface area contributed by atoms with Crippen molar-refractivity contribution in [2.45, 2.75) is 75.6 Å². The first-order valence-corrected chi connectivity index (χ1v) is 11.7. The maximum atomic E-state index is 13.4. The van der Waals surface area contributed by atoms with Gasteiger partial charge in [-0.2, -0.15) is 8.78 Å². The number of hydrogen-bond donors (Lipinski definition) is 1. The summed E-state index contributed by atoms with van der Waals surface area (Å²) in [5.74, 6) is -7.96. The zero-order chi connectivity index (χ0) is 22.6. The fourth-order valence-electron chi connectivity index (χ4n) is 8.59. The maximum absolute atomic E-state index is 13.4. The van der Waals surface area contributed by atoms with Crippen LogP contribution in [-0.4, -0.2) is 53.4 Å². The molecule has 1 N–H and O–H groups in total. The van der Waals surface area contributed by atoms with Gasteiger partial charge in [0.1, 0.15) is 12.2 Å². The molecule has 6 bridgehead atoms. The summed E-state index contributed by atoms with van der Waals surface area (Å²) >= 11 is 0. The van der Waals surface area contributed by atoms with E-state index in [0.29, 0.717) is 31.6 Å². The second-order valence-corrected chi connectivity index (χ2v) is 11.6. The Bertz CT molecular complexity index is 868. The van der Waals surface area contributed by atoms with E-state index < -0.39 is 59.4 Å². The molecule has 1 saturated heterocycles. The molecule has 32 heavy (non-hydrogen) atoms. The minimum atomic E-state index is -3.67. The van der Waals surface area contributed by atoms with E-state index in [9.17, 15) is 28.3 Å². The number of carbonyl (C=O) groups is 3. The molecule has 176 valence electrons. The van der Waals surface area contributed by atoms with E-state index >= 15 is 0 Å². The number of halogens is 2. The molecule has 7 rings (SSSR count). The van der Waals surface area contributed by atoms with Gasteiger partial charge >= 0.3 is 23.8 Å². The van der Waals surface area contributed by atoms with Gasteiger partial charge in [-0.3, -0.25) is 9.59 Å². The van der Waals surface area contributed by atoms with E-state index in [1.165, 1.54) is 0 Å². The van der Waals surface area contributed by atoms with Crippen molar-refractivity contribution in [3.63, 3.8) is 0 Å². The summed E-state index contributed by atoms with van der Waals surface area (Å²) < 4.78 is 43.0. The van der Waals surface area contributed by atoms with Gasteiger partial charge in [-0.15, -0.1) is 0 Å². The van der Waals surface area contributed by atoms with E-state index in [1.807, 2.05) is 0 Å². The highest BCUT2D eigenvalue weighted by atomic mass is 19.3. The molecule has 8 unspecified atom stereocenters. The third-order valence-electron chi connectivity index (χ3n) is 9.09. The fraction of sp³-hybridized carbons (Fsp3) is 0.870. The molecule has 7 aliphatic rings. The van der Waals surface area contributed by atoms with E-state index in [0.717, 1.165) is 32.1 Å². The van der Waals surface area contributed by atoms with Gasteiger partial charge in [0.25, 0.3) is 0 Å². The standard InChI is InChI=1S/C23H28F2O7/c1-21(24,25)20(28)32-17-12-3-13-15(19(27)31-16(13)17)14(12)18(26)30-9-22-4-10-2-11(5-22)7-23(29,6-10)8-22/h10-17,29H,2-9H2,1H3. The highest BCUT2D eigenvalue weighted by Gasteiger charge is 2.70. The normalized spacial score (nSPS) is 49.9. The van der Waals surface area contributed by atoms with Crippen molar-refractivity contribution in [1.29, 1.82) is 0 Å². The van der Waals surface area contributed by atoms with Crippen LogP contribution in [0.15, 0.2) is 0 Å². The molecule has 1 aliphatic heterocycles. The summed E-state index contributed by atoms with van der Waals surface area (Å²) in [5, 5.41) is 10.9. The first-order chi connectivity index (χ1) is 15.0. The summed E-state index contributed by atoms with van der Waals surface area (Å²) in [4.78, 5) is 37.4. The molecule has 1 heterocycles. The van der Waals surface area contributed by atoms with Crippen LogP contribution in [-0.2, 0) is 28.6 Å². The smallest absolute Gasteiger partial charge is 0.377 e. The third kappa shape index (κ3) is 2.95. The van der Waals surface area contributed by atoms with Crippen molar-refractivity contribution >= 4 is 17.9 Å². The highest BCUT2D eigenvalue weighted by Crippen LogP contribution is 2.62. The van der Waals surface area contributed by atoms with E-state index in [4.69, 9.17) is 14.2 Å². The van der Waals surface area contributed by atoms with Crippen LogP contribution in [0.2, 0.25) is 0 Å². The molecule has 9 heteroatoms. The average molecular weight is 454 g/mol. The van der Waals surface area contributed by atoms with E-state index in [1.54, 1.807) is 0 Å². The Kier molecular flexibility index (Phi) is 4.18. The minimum absolute atomic E-state index is 0.192. The lowest BCUT2D eigenvalue weighted by molar-refractivity contribution is -0.193. The van der Waals surface area contributed by atoms with E-state index in [-0.39, 0.29) is 17.9 Å². The topological polar surface area (TPSA) is 99.1 Å². The van der Waals surface area contributed by atoms with Crippen LogP contribution < -0.4 is 0 Å². The lowest BCUT2D eigenvalue weighted by Crippen LogP contribution is -2.57. The first kappa shape index (κ1) is 20.8. The van der Waals surface area contributed by atoms with Crippen LogP contribution in [0.3, 0.4) is 0 Å². The Morgan fingerprint density at radius 1 is 1.16 bits per heavy atom. The average Bonchev–Trinajstić information content (AvgIpc) is 3.27. The number of ether oxygens (including phenoxy) is 3. The van der Waals surface area contributed by atoms with Crippen LogP contribution in [0.1, 0.15) is 51.9 Å². The number of carbonyl (C=O) groups excluding carboxylic acids is 3. The van der Waals surface area contributed by atoms with Gasteiger partial charge in [0.2, 0.25) is 0 Å². The number of alkyl halides is 2. The minimum Gasteiger partial charge on any atom is -0.465 e. The molecule has 0 aromatic carbocycles. The van der Waals surface area contributed by atoms with Gasteiger partial charge in [-0.05, 0) is 56.8 Å². The molecule has 7 fully saturated rings. The second kappa shape index (κ2) is 6.42. The number of aliphatic hydroxyl groups is 1. The Hall–Kier alpha value is -1.77. The summed E-state index contributed by atoms with van der Waals surface area (Å²) in [7, 11) is 0. The number of hydrogen-bond acceptors (Lipinski definition) is 7. The Labute approximate surface area is 184 Å². The maximum Gasteiger partial charge on any atom is 0.377 e. The third-order valence-corrected chi connectivity index (χ3v) is 9.09. The molecule has 0 amide bonds. The SMILES string of the molecule is CC(F)(F)C(=O)OC1C2CC3C1OC(=O)C3C2C(=O)OCC12CC3CC(CC(O)(C3)C1)C2. The van der Waals surface area contributed by atoms with Crippen molar-refractivity contribution in [3.8, 4) is 0 Å². The molecular weight excluding hydrogens is 426 g/mol. The van der Waals surface area contributed by atoms with Crippen molar-refractivity contribution in [2.24, 2.45) is 40.9 Å². The zero-order valence-electron chi connectivity index (χ0n) is 17.9. The van der Waals surface area contributed by atoms with Gasteiger partial charge in [0, 0.05) is 24.2 Å². The van der Waals surface area contributed by atoms with Crippen LogP contribution in [0, 0.1) is 40.9 Å². The Morgan fingerprint density at radius 2 is 1.84 bits per heavy atom. The fourth-order valence-corrected chi connectivity index (χ4v) is 8.59. The molecule has 0 spiro atoms. The molecule has 7 nitrogen and oxygen atoms in total. The Morgan fingerprint density at radius 3 is 2.47 bits per heavy atom. The number of rotatable bonds is 5. The van der Waals surface area contributed by atoms with Crippen LogP contribution >= 0.6 is 0 Å². The molecule has 6 aliphatic carbocycles. The highest BCUT2D eigenvalue weighted by molar-refractivity contribution is 5.86. The van der Waals surface area contributed by atoms with Crippen molar-refractivity contribution in [2.75, 3.05) is 6.61 Å². The molecule has 8 atom stereocenters. The summed E-state index contributed by atoms with van der Waals surface area (Å²) in [6, 6.07) is 0. The van der Waals surface area contributed by atoms with Crippen LogP contribution in [0.4, 0.5) is 8.78 Å². The van der Waals surface area contributed by atoms with Gasteiger partial charge in [0.05, 0.1) is 24.0 Å². The summed E-state index contributed by atoms with van der Waals surface area (Å²) in [6.45, 7) is 0.648. The van der Waals surface area contributed by atoms with Gasteiger partial charge in [-0.1, -0.05) is 0 Å². The van der Waals surface area contributed by atoms with Gasteiger partial charge < -0.3 is 19.3 Å². The molecule has 0 aromatic rings. The monoisotopic (exact) mass is 454 g/mol. The van der Waals surface area contributed by atoms with Crippen LogP contribution in [0.5, 0.6) is 0 Å². The molecular formula is C23H28F2O7. The lowest BCUT2D eigenvalue weighted by Gasteiger charge is -2.59. The van der Waals surface area contributed by atoms with Gasteiger partial charge in [0.15, 0.2) is 0 Å². The molecule has 6 saturated carbocycles. The van der Waals surface area contributed by atoms with Crippen LogP contribution in [0.25, 0.3) is 0 Å². The lowest BCUT2D eigenvalue weighted by atomic mass is 9.48. The van der Waals surface area contributed by atoms with Crippen molar-refractivity contribution < 1.29 is 42.5 Å². The largest absolute Gasteiger partial charge is 0.465 e. The number of fused-ring (bicyclic) bond motifs is 1. The van der Waals surface area contributed by atoms with E-state index in [2.05, 4.69) is 0 Å². The predicted molar refractivity (Wildman–Crippen MR) is 102 cm³/mol. The first-order valence-electron chi connectivity index (χ1n) is 11.7.